The van der Waals surface area contributed by atoms with Crippen molar-refractivity contribution in [3.8, 4) is 0 Å². The number of hydrogen-bond acceptors (Lipinski definition) is 2. The first-order chi connectivity index (χ1) is 8.39. The average Bonchev–Trinajstić information content (AvgIpc) is 2.32. The molecule has 98 valence electrons. The summed E-state index contributed by atoms with van der Waals surface area (Å²) in [6.07, 6.45) is 1.31. The van der Waals surface area contributed by atoms with Crippen LogP contribution in [0.3, 0.4) is 0 Å². The van der Waals surface area contributed by atoms with Gasteiger partial charge in [0, 0.05) is 18.7 Å². The Morgan fingerprint density at radius 3 is 2.39 bits per heavy atom. The summed E-state index contributed by atoms with van der Waals surface area (Å²) >= 11 is 0. The lowest BCUT2D eigenvalue weighted by Crippen LogP contribution is -2.45. The third-order valence-corrected chi connectivity index (χ3v) is 3.88. The molecule has 0 radical (unpaired) electrons. The van der Waals surface area contributed by atoms with Gasteiger partial charge < -0.3 is 10.0 Å². The number of aliphatic hydroxyl groups is 1. The summed E-state index contributed by atoms with van der Waals surface area (Å²) in [7, 11) is 0. The SMILES string of the molecule is Cc1ccc(C(=O)N2CCC(C)(O)CC2)cc1C. The van der Waals surface area contributed by atoms with Crippen molar-refractivity contribution < 1.29 is 9.90 Å². The van der Waals surface area contributed by atoms with Gasteiger partial charge in [0.05, 0.1) is 5.60 Å². The molecule has 18 heavy (non-hydrogen) atoms. The fraction of sp³-hybridized carbons (Fsp3) is 0.533. The fourth-order valence-corrected chi connectivity index (χ4v) is 2.25. The topological polar surface area (TPSA) is 40.5 Å². The van der Waals surface area contributed by atoms with Crippen LogP contribution < -0.4 is 0 Å². The smallest absolute Gasteiger partial charge is 0.253 e. The molecule has 1 aliphatic heterocycles. The summed E-state index contributed by atoms with van der Waals surface area (Å²) in [6, 6.07) is 5.82. The Morgan fingerprint density at radius 1 is 1.22 bits per heavy atom. The average molecular weight is 247 g/mol. The van der Waals surface area contributed by atoms with E-state index in [0.717, 1.165) is 11.1 Å². The summed E-state index contributed by atoms with van der Waals surface area (Å²) in [6.45, 7) is 7.18. The Balaban J connectivity index is 2.10. The summed E-state index contributed by atoms with van der Waals surface area (Å²) < 4.78 is 0. The van der Waals surface area contributed by atoms with E-state index in [-0.39, 0.29) is 5.91 Å². The van der Waals surface area contributed by atoms with E-state index < -0.39 is 5.60 Å². The van der Waals surface area contributed by atoms with E-state index in [4.69, 9.17) is 0 Å². The Bertz CT molecular complexity index is 456. The minimum absolute atomic E-state index is 0.0774. The minimum atomic E-state index is -0.611. The monoisotopic (exact) mass is 247 g/mol. The zero-order valence-electron chi connectivity index (χ0n) is 11.4. The second kappa shape index (κ2) is 4.73. The number of likely N-dealkylation sites (tertiary alicyclic amines) is 1. The zero-order valence-corrected chi connectivity index (χ0v) is 11.4. The predicted octanol–water partition coefficient (Wildman–Crippen LogP) is 2.29. The predicted molar refractivity (Wildman–Crippen MR) is 71.7 cm³/mol. The Hall–Kier alpha value is -1.35. The molecule has 0 atom stereocenters. The highest BCUT2D eigenvalue weighted by Crippen LogP contribution is 2.22. The van der Waals surface area contributed by atoms with Gasteiger partial charge in [0.25, 0.3) is 5.91 Å². The van der Waals surface area contributed by atoms with Gasteiger partial charge in [-0.2, -0.15) is 0 Å². The number of nitrogens with zero attached hydrogens (tertiary/aromatic N) is 1. The maximum Gasteiger partial charge on any atom is 0.253 e. The number of piperidine rings is 1. The van der Waals surface area contributed by atoms with Crippen LogP contribution in [-0.4, -0.2) is 34.6 Å². The van der Waals surface area contributed by atoms with Gasteiger partial charge in [-0.05, 0) is 56.9 Å². The first kappa shape index (κ1) is 13.1. The Kier molecular flexibility index (Phi) is 3.44. The quantitative estimate of drug-likeness (QED) is 0.827. The molecule has 0 aromatic heterocycles. The van der Waals surface area contributed by atoms with Crippen molar-refractivity contribution in [2.24, 2.45) is 0 Å². The van der Waals surface area contributed by atoms with Crippen molar-refractivity contribution in [2.45, 2.75) is 39.2 Å². The van der Waals surface area contributed by atoms with Crippen LogP contribution in [0.1, 0.15) is 41.3 Å². The fourth-order valence-electron chi connectivity index (χ4n) is 2.25. The first-order valence-corrected chi connectivity index (χ1v) is 6.48. The molecule has 0 unspecified atom stereocenters. The normalized spacial score (nSPS) is 18.8. The number of carbonyl (C=O) groups excluding carboxylic acids is 1. The Morgan fingerprint density at radius 2 is 1.83 bits per heavy atom. The molecular formula is C15H21NO2. The molecular weight excluding hydrogens is 226 g/mol. The maximum atomic E-state index is 12.3. The molecule has 1 amide bonds. The number of carbonyl (C=O) groups is 1. The molecule has 1 aliphatic rings. The molecule has 0 bridgehead atoms. The van der Waals surface area contributed by atoms with Gasteiger partial charge in [0.2, 0.25) is 0 Å². The summed E-state index contributed by atoms with van der Waals surface area (Å²) in [4.78, 5) is 14.2. The van der Waals surface area contributed by atoms with Crippen molar-refractivity contribution in [2.75, 3.05) is 13.1 Å². The van der Waals surface area contributed by atoms with E-state index in [1.54, 1.807) is 0 Å². The third-order valence-electron chi connectivity index (χ3n) is 3.88. The zero-order chi connectivity index (χ0) is 13.3. The van der Waals surface area contributed by atoms with Gasteiger partial charge in [-0.15, -0.1) is 0 Å². The molecule has 1 heterocycles. The van der Waals surface area contributed by atoms with Crippen LogP contribution in [0.25, 0.3) is 0 Å². The maximum absolute atomic E-state index is 12.3. The van der Waals surface area contributed by atoms with Gasteiger partial charge in [0.15, 0.2) is 0 Å². The molecule has 3 nitrogen and oxygen atoms in total. The Labute approximate surface area is 108 Å². The van der Waals surface area contributed by atoms with Crippen molar-refractivity contribution in [1.29, 1.82) is 0 Å². The lowest BCUT2D eigenvalue weighted by atomic mass is 9.93. The molecule has 0 saturated carbocycles. The van der Waals surface area contributed by atoms with Crippen LogP contribution in [-0.2, 0) is 0 Å². The van der Waals surface area contributed by atoms with Crippen molar-refractivity contribution in [3.63, 3.8) is 0 Å². The summed E-state index contributed by atoms with van der Waals surface area (Å²) in [5.74, 6) is 0.0774. The van der Waals surface area contributed by atoms with Gasteiger partial charge >= 0.3 is 0 Å². The van der Waals surface area contributed by atoms with Gasteiger partial charge in [0.1, 0.15) is 0 Å². The van der Waals surface area contributed by atoms with Crippen LogP contribution in [0.2, 0.25) is 0 Å². The lowest BCUT2D eigenvalue weighted by molar-refractivity contribution is -0.00202. The standard InChI is InChI=1S/C15H21NO2/c1-11-4-5-13(10-12(11)2)14(17)16-8-6-15(3,18)7-9-16/h4-5,10,18H,6-9H2,1-3H3. The van der Waals surface area contributed by atoms with E-state index >= 15 is 0 Å². The van der Waals surface area contributed by atoms with E-state index in [0.29, 0.717) is 25.9 Å². The molecule has 0 aliphatic carbocycles. The van der Waals surface area contributed by atoms with Crippen molar-refractivity contribution >= 4 is 5.91 Å². The number of hydrogen-bond donors (Lipinski definition) is 1. The van der Waals surface area contributed by atoms with Crippen molar-refractivity contribution in [3.05, 3.63) is 34.9 Å². The van der Waals surface area contributed by atoms with E-state index in [1.165, 1.54) is 5.56 Å². The second-order valence-electron chi connectivity index (χ2n) is 5.59. The number of benzene rings is 1. The first-order valence-electron chi connectivity index (χ1n) is 6.48. The number of amides is 1. The van der Waals surface area contributed by atoms with Crippen LogP contribution in [0.5, 0.6) is 0 Å². The van der Waals surface area contributed by atoms with Gasteiger partial charge in [-0.1, -0.05) is 6.07 Å². The summed E-state index contributed by atoms with van der Waals surface area (Å²) in [5, 5.41) is 9.89. The highest BCUT2D eigenvalue weighted by Gasteiger charge is 2.29. The molecule has 1 aromatic rings. The highest BCUT2D eigenvalue weighted by molar-refractivity contribution is 5.94. The highest BCUT2D eigenvalue weighted by atomic mass is 16.3. The largest absolute Gasteiger partial charge is 0.390 e. The van der Waals surface area contributed by atoms with E-state index in [9.17, 15) is 9.90 Å². The van der Waals surface area contributed by atoms with Crippen LogP contribution in [0.4, 0.5) is 0 Å². The molecule has 0 spiro atoms. The van der Waals surface area contributed by atoms with Crippen molar-refractivity contribution in [1.82, 2.24) is 4.90 Å². The van der Waals surface area contributed by atoms with E-state index in [1.807, 2.05) is 43.9 Å². The van der Waals surface area contributed by atoms with Gasteiger partial charge in [-0.3, -0.25) is 4.79 Å². The molecule has 3 heteroatoms. The van der Waals surface area contributed by atoms with E-state index in [2.05, 4.69) is 0 Å². The van der Waals surface area contributed by atoms with Crippen LogP contribution in [0, 0.1) is 13.8 Å². The molecule has 1 fully saturated rings. The van der Waals surface area contributed by atoms with Crippen LogP contribution >= 0.6 is 0 Å². The minimum Gasteiger partial charge on any atom is -0.390 e. The number of rotatable bonds is 1. The molecule has 1 N–H and O–H groups in total. The third kappa shape index (κ3) is 2.72. The summed E-state index contributed by atoms with van der Waals surface area (Å²) in [5.41, 5.74) is 2.48. The second-order valence-corrected chi connectivity index (χ2v) is 5.59. The molecule has 1 saturated heterocycles. The lowest BCUT2D eigenvalue weighted by Gasteiger charge is -2.35. The van der Waals surface area contributed by atoms with Gasteiger partial charge in [-0.25, -0.2) is 0 Å². The number of aryl methyl sites for hydroxylation is 2. The van der Waals surface area contributed by atoms with Crippen LogP contribution in [0.15, 0.2) is 18.2 Å². The molecule has 2 rings (SSSR count). The molecule has 1 aromatic carbocycles.